The lowest BCUT2D eigenvalue weighted by Crippen LogP contribution is -2.03. The van der Waals surface area contributed by atoms with Gasteiger partial charge < -0.3 is 4.42 Å². The van der Waals surface area contributed by atoms with Gasteiger partial charge in [-0.1, -0.05) is 97.9 Å². The van der Waals surface area contributed by atoms with Crippen molar-refractivity contribution in [2.75, 3.05) is 0 Å². The number of hydrogen-bond acceptors (Lipinski definition) is 5. The first-order valence-electron chi connectivity index (χ1n) is 14.9. The minimum absolute atomic E-state index is 0.496. The Morgan fingerprint density at radius 2 is 1.36 bits per heavy atom. The highest BCUT2D eigenvalue weighted by molar-refractivity contribution is 6.14. The number of aromatic nitrogens is 4. The predicted octanol–water partition coefficient (Wildman–Crippen LogP) is 9.68. The standard InChI is InChI=1S/C39H26N4O/c1-23-15-16-25-20-34-32(19-27(25)17-23)36-33(21-40-22-35(36)44-34)39-42-37(24-9-3-2-4-10-24)41-38(43-39)31-18-26-11-5-6-12-28(26)29-13-7-8-14-30(29)31/h2-16,18-23H,17H2,1H3. The first-order valence-corrected chi connectivity index (χ1v) is 14.9. The summed E-state index contributed by atoms with van der Waals surface area (Å²) >= 11 is 0. The van der Waals surface area contributed by atoms with Crippen molar-refractivity contribution in [3.05, 3.63) is 127 Å². The fraction of sp³-hybridized carbons (Fsp3) is 0.0769. The lowest BCUT2D eigenvalue weighted by atomic mass is 9.89. The van der Waals surface area contributed by atoms with Gasteiger partial charge in [0.15, 0.2) is 23.1 Å². The molecule has 3 heterocycles. The van der Waals surface area contributed by atoms with Crippen molar-refractivity contribution >= 4 is 49.6 Å². The van der Waals surface area contributed by atoms with Crippen LogP contribution in [0.3, 0.4) is 0 Å². The fourth-order valence-electron chi connectivity index (χ4n) is 6.59. The average Bonchev–Trinajstić information content (AvgIpc) is 3.44. The van der Waals surface area contributed by atoms with E-state index in [0.717, 1.165) is 55.8 Å². The van der Waals surface area contributed by atoms with Crippen molar-refractivity contribution in [1.82, 2.24) is 19.9 Å². The molecule has 0 radical (unpaired) electrons. The van der Waals surface area contributed by atoms with E-state index in [-0.39, 0.29) is 0 Å². The zero-order chi connectivity index (χ0) is 29.2. The second kappa shape index (κ2) is 9.68. The fourth-order valence-corrected chi connectivity index (χ4v) is 6.59. The third-order valence-corrected chi connectivity index (χ3v) is 8.71. The van der Waals surface area contributed by atoms with Crippen LogP contribution in [0.25, 0.3) is 83.7 Å². The molecule has 0 saturated heterocycles. The molecule has 0 fully saturated rings. The third kappa shape index (κ3) is 3.93. The zero-order valence-electron chi connectivity index (χ0n) is 24.0. The second-order valence-corrected chi connectivity index (χ2v) is 11.6. The van der Waals surface area contributed by atoms with Crippen LogP contribution in [-0.4, -0.2) is 19.9 Å². The molecule has 3 aromatic heterocycles. The van der Waals surface area contributed by atoms with E-state index in [4.69, 9.17) is 19.4 Å². The van der Waals surface area contributed by atoms with Gasteiger partial charge in [-0.15, -0.1) is 0 Å². The Balaban J connectivity index is 1.34. The van der Waals surface area contributed by atoms with Crippen LogP contribution in [0.5, 0.6) is 0 Å². The summed E-state index contributed by atoms with van der Waals surface area (Å²) in [6.45, 7) is 2.25. The molecule has 0 bridgehead atoms. The summed E-state index contributed by atoms with van der Waals surface area (Å²) in [6.07, 6.45) is 9.10. The van der Waals surface area contributed by atoms with E-state index in [1.165, 1.54) is 21.9 Å². The van der Waals surface area contributed by atoms with E-state index in [0.29, 0.717) is 23.4 Å². The Kier molecular flexibility index (Phi) is 5.47. The van der Waals surface area contributed by atoms with Gasteiger partial charge in [-0.25, -0.2) is 15.0 Å². The molecule has 8 aromatic rings. The molecule has 1 unspecified atom stereocenters. The van der Waals surface area contributed by atoms with Crippen molar-refractivity contribution in [3.8, 4) is 34.2 Å². The maximum Gasteiger partial charge on any atom is 0.166 e. The molecular formula is C39H26N4O. The van der Waals surface area contributed by atoms with Crippen molar-refractivity contribution in [3.63, 3.8) is 0 Å². The number of pyridine rings is 1. The Labute approximate surface area is 253 Å². The van der Waals surface area contributed by atoms with Crippen LogP contribution < -0.4 is 0 Å². The molecule has 1 aliphatic rings. The maximum atomic E-state index is 6.38. The van der Waals surface area contributed by atoms with Crippen molar-refractivity contribution in [2.24, 2.45) is 5.92 Å². The van der Waals surface area contributed by atoms with Crippen LogP contribution in [0, 0.1) is 5.92 Å². The first kappa shape index (κ1) is 24.9. The van der Waals surface area contributed by atoms with E-state index in [1.807, 2.05) is 36.5 Å². The van der Waals surface area contributed by atoms with Crippen LogP contribution in [0.4, 0.5) is 0 Å². The van der Waals surface area contributed by atoms with Gasteiger partial charge in [0.05, 0.1) is 6.20 Å². The van der Waals surface area contributed by atoms with E-state index in [2.05, 4.69) is 90.8 Å². The van der Waals surface area contributed by atoms with Crippen molar-refractivity contribution in [1.29, 1.82) is 0 Å². The molecule has 0 saturated carbocycles. The molecule has 5 aromatic carbocycles. The van der Waals surface area contributed by atoms with Gasteiger partial charge in [0.2, 0.25) is 0 Å². The molecule has 5 nitrogen and oxygen atoms in total. The summed E-state index contributed by atoms with van der Waals surface area (Å²) < 4.78 is 6.38. The summed E-state index contributed by atoms with van der Waals surface area (Å²) in [5, 5.41) is 6.64. The Bertz CT molecular complexity index is 2440. The minimum Gasteiger partial charge on any atom is -0.454 e. The number of rotatable bonds is 3. The molecule has 1 aliphatic carbocycles. The highest BCUT2D eigenvalue weighted by Crippen LogP contribution is 2.39. The Morgan fingerprint density at radius 1 is 0.636 bits per heavy atom. The van der Waals surface area contributed by atoms with E-state index in [9.17, 15) is 0 Å². The quantitative estimate of drug-likeness (QED) is 0.199. The lowest BCUT2D eigenvalue weighted by Gasteiger charge is -2.15. The van der Waals surface area contributed by atoms with Crippen LogP contribution in [-0.2, 0) is 6.42 Å². The topological polar surface area (TPSA) is 64.7 Å². The van der Waals surface area contributed by atoms with Crippen LogP contribution in [0.2, 0.25) is 0 Å². The first-order chi connectivity index (χ1) is 21.7. The monoisotopic (exact) mass is 566 g/mol. The summed E-state index contributed by atoms with van der Waals surface area (Å²) in [4.78, 5) is 19.9. The van der Waals surface area contributed by atoms with Crippen LogP contribution >= 0.6 is 0 Å². The Hall–Kier alpha value is -5.68. The van der Waals surface area contributed by atoms with Crippen molar-refractivity contribution < 1.29 is 4.42 Å². The molecule has 208 valence electrons. The number of furan rings is 1. The molecule has 9 rings (SSSR count). The zero-order valence-corrected chi connectivity index (χ0v) is 24.0. The summed E-state index contributed by atoms with van der Waals surface area (Å²) in [7, 11) is 0. The largest absolute Gasteiger partial charge is 0.454 e. The van der Waals surface area contributed by atoms with Gasteiger partial charge >= 0.3 is 0 Å². The number of allylic oxidation sites excluding steroid dienone is 1. The molecule has 0 amide bonds. The lowest BCUT2D eigenvalue weighted by molar-refractivity contribution is 0.665. The summed E-state index contributed by atoms with van der Waals surface area (Å²) in [5.74, 6) is 2.30. The normalized spacial score (nSPS) is 14.5. The van der Waals surface area contributed by atoms with Gasteiger partial charge in [0.25, 0.3) is 0 Å². The molecule has 44 heavy (non-hydrogen) atoms. The van der Waals surface area contributed by atoms with E-state index < -0.39 is 0 Å². The number of nitrogens with zero attached hydrogens (tertiary/aromatic N) is 4. The molecule has 0 aliphatic heterocycles. The predicted molar refractivity (Wildman–Crippen MR) is 178 cm³/mol. The number of hydrogen-bond donors (Lipinski definition) is 0. The van der Waals surface area contributed by atoms with Gasteiger partial charge in [0, 0.05) is 33.7 Å². The SMILES string of the molecule is CC1C=Cc2cc3oc4cncc(-c5nc(-c6ccccc6)nc(-c6cc7ccccc7c7ccccc67)n5)c4c3cc2C1. The van der Waals surface area contributed by atoms with Gasteiger partial charge in [0.1, 0.15) is 5.58 Å². The van der Waals surface area contributed by atoms with E-state index in [1.54, 1.807) is 6.20 Å². The van der Waals surface area contributed by atoms with Gasteiger partial charge in [-0.3, -0.25) is 4.98 Å². The molecule has 0 spiro atoms. The molecule has 5 heteroatoms. The minimum atomic E-state index is 0.496. The summed E-state index contributed by atoms with van der Waals surface area (Å²) in [5.41, 5.74) is 6.80. The van der Waals surface area contributed by atoms with Crippen molar-refractivity contribution in [2.45, 2.75) is 13.3 Å². The van der Waals surface area contributed by atoms with Crippen LogP contribution in [0.15, 0.2) is 120 Å². The highest BCUT2D eigenvalue weighted by atomic mass is 16.3. The number of benzene rings is 5. The number of fused-ring (bicyclic) bond motifs is 7. The molecule has 0 N–H and O–H groups in total. The second-order valence-electron chi connectivity index (χ2n) is 11.6. The third-order valence-electron chi connectivity index (χ3n) is 8.71. The van der Waals surface area contributed by atoms with E-state index >= 15 is 0 Å². The molecular weight excluding hydrogens is 540 g/mol. The summed E-state index contributed by atoms with van der Waals surface area (Å²) in [6, 6.07) is 33.6. The smallest absolute Gasteiger partial charge is 0.166 e. The Morgan fingerprint density at radius 3 is 2.23 bits per heavy atom. The average molecular weight is 567 g/mol. The maximum absolute atomic E-state index is 6.38. The van der Waals surface area contributed by atoms with Crippen LogP contribution in [0.1, 0.15) is 18.1 Å². The highest BCUT2D eigenvalue weighted by Gasteiger charge is 2.21. The van der Waals surface area contributed by atoms with Gasteiger partial charge in [-0.05, 0) is 63.2 Å². The van der Waals surface area contributed by atoms with Gasteiger partial charge in [-0.2, -0.15) is 0 Å². The molecule has 1 atom stereocenters.